The van der Waals surface area contributed by atoms with E-state index in [2.05, 4.69) is 16.3 Å². The molecule has 8 heteroatoms. The minimum atomic E-state index is 0.0229. The number of benzene rings is 1. The molecular formula is C18H17N3O3S2. The minimum absolute atomic E-state index is 0.0229. The molecule has 0 unspecified atom stereocenters. The second-order valence-corrected chi connectivity index (χ2v) is 7.76. The number of carbonyl (C=O) groups is 1. The molecular weight excluding hydrogens is 370 g/mol. The van der Waals surface area contributed by atoms with Gasteiger partial charge in [0.25, 0.3) is 0 Å². The molecule has 0 saturated heterocycles. The number of fused-ring (bicyclic) bond motifs is 1. The molecule has 1 aliphatic rings. The van der Waals surface area contributed by atoms with Crippen LogP contribution in [-0.2, 0) is 13.5 Å². The molecule has 26 heavy (non-hydrogen) atoms. The maximum absolute atomic E-state index is 12.5. The van der Waals surface area contributed by atoms with E-state index in [0.717, 1.165) is 17.4 Å². The number of ketones is 1. The lowest BCUT2D eigenvalue weighted by Crippen LogP contribution is -2.16. The third-order valence-electron chi connectivity index (χ3n) is 4.03. The van der Waals surface area contributed by atoms with Crippen LogP contribution in [0, 0.1) is 0 Å². The van der Waals surface area contributed by atoms with E-state index in [4.69, 9.17) is 9.47 Å². The largest absolute Gasteiger partial charge is 0.486 e. The van der Waals surface area contributed by atoms with Crippen LogP contribution in [0.3, 0.4) is 0 Å². The van der Waals surface area contributed by atoms with Gasteiger partial charge in [0, 0.05) is 23.9 Å². The molecule has 2 aromatic heterocycles. The van der Waals surface area contributed by atoms with E-state index in [0.29, 0.717) is 36.0 Å². The number of thioether (sulfide) groups is 1. The number of Topliss-reactive ketones (excluding diaryl/α,β-unsaturated/α-hetero) is 1. The fourth-order valence-corrected chi connectivity index (χ4v) is 4.15. The predicted molar refractivity (Wildman–Crippen MR) is 101 cm³/mol. The Kier molecular flexibility index (Phi) is 4.94. The van der Waals surface area contributed by atoms with Gasteiger partial charge >= 0.3 is 0 Å². The molecule has 0 spiro atoms. The highest BCUT2D eigenvalue weighted by atomic mass is 32.2. The fourth-order valence-electron chi connectivity index (χ4n) is 2.62. The van der Waals surface area contributed by atoms with Crippen molar-refractivity contribution in [3.63, 3.8) is 0 Å². The lowest BCUT2D eigenvalue weighted by molar-refractivity contribution is 0.102. The molecule has 0 radical (unpaired) electrons. The third kappa shape index (κ3) is 3.61. The Morgan fingerprint density at radius 1 is 1.23 bits per heavy atom. The van der Waals surface area contributed by atoms with Gasteiger partial charge in [0.05, 0.1) is 5.75 Å². The van der Waals surface area contributed by atoms with Gasteiger partial charge in [-0.05, 0) is 29.6 Å². The highest BCUT2D eigenvalue weighted by Crippen LogP contribution is 2.31. The smallest absolute Gasteiger partial charge is 0.191 e. The second-order valence-electron chi connectivity index (χ2n) is 5.78. The van der Waals surface area contributed by atoms with Gasteiger partial charge in [-0.1, -0.05) is 17.8 Å². The number of carbonyl (C=O) groups excluding carboxylic acids is 1. The SMILES string of the molecule is Cn1c(Cc2cccs2)nnc1SCC(=O)c1ccc2c(c1)OCCO2. The van der Waals surface area contributed by atoms with E-state index in [1.165, 1.54) is 16.6 Å². The maximum atomic E-state index is 12.5. The summed E-state index contributed by atoms with van der Waals surface area (Å²) in [7, 11) is 1.93. The normalized spacial score (nSPS) is 13.0. The Hall–Kier alpha value is -2.32. The Morgan fingerprint density at radius 3 is 2.88 bits per heavy atom. The van der Waals surface area contributed by atoms with Crippen molar-refractivity contribution in [1.82, 2.24) is 14.8 Å². The summed E-state index contributed by atoms with van der Waals surface area (Å²) in [5, 5.41) is 11.3. The van der Waals surface area contributed by atoms with Gasteiger partial charge in [-0.3, -0.25) is 4.79 Å². The molecule has 0 saturated carbocycles. The van der Waals surface area contributed by atoms with E-state index >= 15 is 0 Å². The fraction of sp³-hybridized carbons (Fsp3) is 0.278. The van der Waals surface area contributed by atoms with Crippen molar-refractivity contribution >= 4 is 28.9 Å². The van der Waals surface area contributed by atoms with Gasteiger partial charge in [0.2, 0.25) is 0 Å². The highest BCUT2D eigenvalue weighted by Gasteiger charge is 2.17. The average molecular weight is 387 g/mol. The van der Waals surface area contributed by atoms with Crippen LogP contribution in [-0.4, -0.2) is 39.5 Å². The molecule has 0 aliphatic carbocycles. The van der Waals surface area contributed by atoms with Crippen LogP contribution in [0.25, 0.3) is 0 Å². The zero-order valence-corrected chi connectivity index (χ0v) is 15.8. The minimum Gasteiger partial charge on any atom is -0.486 e. The van der Waals surface area contributed by atoms with E-state index in [1.807, 2.05) is 23.1 Å². The summed E-state index contributed by atoms with van der Waals surface area (Å²) in [6.45, 7) is 1.04. The van der Waals surface area contributed by atoms with Crippen LogP contribution >= 0.6 is 23.1 Å². The van der Waals surface area contributed by atoms with Crippen LogP contribution in [0.1, 0.15) is 21.1 Å². The number of ether oxygens (including phenoxy) is 2. The molecule has 0 amide bonds. The van der Waals surface area contributed by atoms with Crippen LogP contribution in [0.2, 0.25) is 0 Å². The molecule has 0 bridgehead atoms. The van der Waals surface area contributed by atoms with Crippen molar-refractivity contribution in [2.75, 3.05) is 19.0 Å². The Balaban J connectivity index is 1.41. The Labute approximate surface area is 159 Å². The van der Waals surface area contributed by atoms with Gasteiger partial charge in [-0.25, -0.2) is 0 Å². The molecule has 3 aromatic rings. The first kappa shape index (κ1) is 17.1. The summed E-state index contributed by atoms with van der Waals surface area (Å²) in [6.07, 6.45) is 0.748. The van der Waals surface area contributed by atoms with Gasteiger partial charge in [0.1, 0.15) is 19.0 Å². The van der Waals surface area contributed by atoms with Crippen molar-refractivity contribution in [3.05, 3.63) is 52.0 Å². The van der Waals surface area contributed by atoms with Crippen molar-refractivity contribution < 1.29 is 14.3 Å². The Morgan fingerprint density at radius 2 is 2.08 bits per heavy atom. The van der Waals surface area contributed by atoms with Crippen LogP contribution in [0.15, 0.2) is 40.9 Å². The number of rotatable bonds is 6. The molecule has 0 atom stereocenters. The number of aromatic nitrogens is 3. The third-order valence-corrected chi connectivity index (χ3v) is 5.93. The first-order valence-electron chi connectivity index (χ1n) is 8.17. The molecule has 0 fully saturated rings. The second kappa shape index (κ2) is 7.51. The summed E-state index contributed by atoms with van der Waals surface area (Å²) < 4.78 is 13.0. The zero-order chi connectivity index (χ0) is 17.9. The summed E-state index contributed by atoms with van der Waals surface area (Å²) in [6, 6.07) is 9.41. The molecule has 134 valence electrons. The van der Waals surface area contributed by atoms with Crippen molar-refractivity contribution in [2.45, 2.75) is 11.6 Å². The van der Waals surface area contributed by atoms with Gasteiger partial charge < -0.3 is 14.0 Å². The number of hydrogen-bond donors (Lipinski definition) is 0. The lowest BCUT2D eigenvalue weighted by atomic mass is 10.1. The summed E-state index contributed by atoms with van der Waals surface area (Å²) in [5.41, 5.74) is 0.614. The first-order chi connectivity index (χ1) is 12.7. The number of thiophene rings is 1. The van der Waals surface area contributed by atoms with E-state index in [9.17, 15) is 4.79 Å². The van der Waals surface area contributed by atoms with Crippen molar-refractivity contribution in [2.24, 2.45) is 7.05 Å². The Bertz CT molecular complexity index is 922. The molecule has 6 nitrogen and oxygen atoms in total. The molecule has 1 aliphatic heterocycles. The lowest BCUT2D eigenvalue weighted by Gasteiger charge is -2.18. The van der Waals surface area contributed by atoms with Gasteiger partial charge in [-0.2, -0.15) is 0 Å². The van der Waals surface area contributed by atoms with E-state index in [1.54, 1.807) is 29.5 Å². The van der Waals surface area contributed by atoms with Gasteiger partial charge in [-0.15, -0.1) is 21.5 Å². The van der Waals surface area contributed by atoms with Crippen molar-refractivity contribution in [3.8, 4) is 11.5 Å². The van der Waals surface area contributed by atoms with Crippen LogP contribution in [0.4, 0.5) is 0 Å². The molecule has 4 rings (SSSR count). The first-order valence-corrected chi connectivity index (χ1v) is 10.0. The predicted octanol–water partition coefficient (Wildman–Crippen LogP) is 3.21. The van der Waals surface area contributed by atoms with Crippen LogP contribution in [0.5, 0.6) is 11.5 Å². The molecule has 1 aromatic carbocycles. The molecule has 0 N–H and O–H groups in total. The maximum Gasteiger partial charge on any atom is 0.191 e. The van der Waals surface area contributed by atoms with E-state index < -0.39 is 0 Å². The summed E-state index contributed by atoms with van der Waals surface area (Å²) in [4.78, 5) is 13.7. The topological polar surface area (TPSA) is 66.2 Å². The van der Waals surface area contributed by atoms with Gasteiger partial charge in [0.15, 0.2) is 22.4 Å². The van der Waals surface area contributed by atoms with E-state index in [-0.39, 0.29) is 5.78 Å². The number of hydrogen-bond acceptors (Lipinski definition) is 7. The zero-order valence-electron chi connectivity index (χ0n) is 14.2. The standard InChI is InChI=1S/C18H17N3O3S2/c1-21-17(10-13-3-2-8-25-13)19-20-18(21)26-11-14(22)12-4-5-15-16(9-12)24-7-6-23-15/h2-5,8-9H,6-7,10-11H2,1H3. The molecule has 3 heterocycles. The van der Waals surface area contributed by atoms with Crippen LogP contribution < -0.4 is 9.47 Å². The number of nitrogens with zero attached hydrogens (tertiary/aromatic N) is 3. The highest BCUT2D eigenvalue weighted by molar-refractivity contribution is 7.99. The monoisotopic (exact) mass is 387 g/mol. The summed E-state index contributed by atoms with van der Waals surface area (Å²) in [5.74, 6) is 2.53. The quantitative estimate of drug-likeness (QED) is 0.478. The summed E-state index contributed by atoms with van der Waals surface area (Å²) >= 11 is 3.09. The van der Waals surface area contributed by atoms with Crippen molar-refractivity contribution in [1.29, 1.82) is 0 Å². The average Bonchev–Trinajstić information content (AvgIpc) is 3.30.